The number of rotatable bonds is 3. The van der Waals surface area contributed by atoms with Crippen LogP contribution in [0, 0.1) is 0 Å². The Kier molecular flexibility index (Phi) is 3.61. The molecule has 0 spiro atoms. The number of carboxylic acids is 1. The summed E-state index contributed by atoms with van der Waals surface area (Å²) in [6, 6.07) is 7.60. The summed E-state index contributed by atoms with van der Waals surface area (Å²) in [5.74, 6) is -1.22. The van der Waals surface area contributed by atoms with Crippen LogP contribution in [0.1, 0.15) is 24.3 Å². The third-order valence-electron chi connectivity index (χ3n) is 3.01. The van der Waals surface area contributed by atoms with Crippen LogP contribution in [-0.4, -0.2) is 23.7 Å². The molecule has 0 amide bonds. The van der Waals surface area contributed by atoms with Crippen molar-refractivity contribution in [1.29, 1.82) is 0 Å². The van der Waals surface area contributed by atoms with Gasteiger partial charge in [0.05, 0.1) is 5.92 Å². The van der Waals surface area contributed by atoms with E-state index in [0.29, 0.717) is 0 Å². The molecule has 0 radical (unpaired) electrons. The molecule has 1 fully saturated rings. The highest BCUT2D eigenvalue weighted by molar-refractivity contribution is 9.10. The molecule has 0 aromatic heterocycles. The van der Waals surface area contributed by atoms with Crippen molar-refractivity contribution in [3.63, 3.8) is 0 Å². The van der Waals surface area contributed by atoms with E-state index in [1.54, 1.807) is 0 Å². The molecule has 0 bridgehead atoms. The van der Waals surface area contributed by atoms with E-state index in [0.717, 1.165) is 29.4 Å². The van der Waals surface area contributed by atoms with Crippen LogP contribution in [0.2, 0.25) is 0 Å². The Morgan fingerprint density at radius 1 is 1.50 bits per heavy atom. The zero-order valence-corrected chi connectivity index (χ0v) is 10.4. The van der Waals surface area contributed by atoms with Crippen molar-refractivity contribution in [2.24, 2.45) is 0 Å². The lowest BCUT2D eigenvalue weighted by Crippen LogP contribution is -2.34. The molecule has 0 unspecified atom stereocenters. The molecule has 1 heterocycles. The van der Waals surface area contributed by atoms with Crippen LogP contribution < -0.4 is 5.32 Å². The molecular formula is C12H14BrNO2. The highest BCUT2D eigenvalue weighted by atomic mass is 79.9. The third-order valence-corrected chi connectivity index (χ3v) is 3.73. The fraction of sp³-hybridized carbons (Fsp3) is 0.417. The summed E-state index contributed by atoms with van der Waals surface area (Å²) in [5.41, 5.74) is 0.856. The second-order valence-electron chi connectivity index (χ2n) is 4.04. The van der Waals surface area contributed by atoms with Gasteiger partial charge in [-0.2, -0.15) is 0 Å². The first-order valence-electron chi connectivity index (χ1n) is 5.41. The molecule has 1 aromatic carbocycles. The number of benzene rings is 1. The summed E-state index contributed by atoms with van der Waals surface area (Å²) in [7, 11) is 0. The van der Waals surface area contributed by atoms with Crippen LogP contribution in [0.3, 0.4) is 0 Å². The summed E-state index contributed by atoms with van der Waals surface area (Å²) in [6.45, 7) is 0.916. The molecule has 16 heavy (non-hydrogen) atoms. The fourth-order valence-electron chi connectivity index (χ4n) is 2.25. The molecule has 1 aliphatic rings. The van der Waals surface area contributed by atoms with Crippen LogP contribution in [0.5, 0.6) is 0 Å². The lowest BCUT2D eigenvalue weighted by atomic mass is 9.90. The van der Waals surface area contributed by atoms with Crippen LogP contribution in [0.25, 0.3) is 0 Å². The second kappa shape index (κ2) is 4.97. The average Bonchev–Trinajstić information content (AvgIpc) is 2.74. The Hall–Kier alpha value is -0.870. The quantitative estimate of drug-likeness (QED) is 0.896. The van der Waals surface area contributed by atoms with Gasteiger partial charge in [-0.05, 0) is 31.0 Å². The van der Waals surface area contributed by atoms with Gasteiger partial charge in [-0.1, -0.05) is 34.1 Å². The van der Waals surface area contributed by atoms with E-state index in [-0.39, 0.29) is 6.04 Å². The standard InChI is InChI=1S/C12H14BrNO2/c13-9-5-2-1-4-8(9)11(12(15)16)10-6-3-7-14-10/h1-2,4-5,10-11,14H,3,6-7H2,(H,15,16)/t10-,11+/m0/s1. The number of aliphatic carboxylic acids is 1. The molecule has 3 nitrogen and oxygen atoms in total. The zero-order chi connectivity index (χ0) is 11.5. The first-order valence-corrected chi connectivity index (χ1v) is 6.20. The van der Waals surface area contributed by atoms with Crippen LogP contribution >= 0.6 is 15.9 Å². The van der Waals surface area contributed by atoms with Crippen molar-refractivity contribution in [1.82, 2.24) is 5.32 Å². The van der Waals surface area contributed by atoms with Crippen LogP contribution in [-0.2, 0) is 4.79 Å². The molecule has 0 saturated carbocycles. The highest BCUT2D eigenvalue weighted by Gasteiger charge is 2.32. The number of carbonyl (C=O) groups is 1. The second-order valence-corrected chi connectivity index (χ2v) is 4.89. The third kappa shape index (κ3) is 2.28. The van der Waals surface area contributed by atoms with Crippen molar-refractivity contribution in [3.05, 3.63) is 34.3 Å². The van der Waals surface area contributed by atoms with Gasteiger partial charge in [-0.3, -0.25) is 4.79 Å². The minimum Gasteiger partial charge on any atom is -0.481 e. The molecule has 0 aliphatic carbocycles. The summed E-state index contributed by atoms with van der Waals surface area (Å²) < 4.78 is 0.871. The van der Waals surface area contributed by atoms with Crippen LogP contribution in [0.4, 0.5) is 0 Å². The number of nitrogens with one attached hydrogen (secondary N) is 1. The Labute approximate surface area is 103 Å². The van der Waals surface area contributed by atoms with Crippen LogP contribution in [0.15, 0.2) is 28.7 Å². The smallest absolute Gasteiger partial charge is 0.312 e. The average molecular weight is 284 g/mol. The number of hydrogen-bond donors (Lipinski definition) is 2. The Morgan fingerprint density at radius 3 is 2.81 bits per heavy atom. The maximum Gasteiger partial charge on any atom is 0.312 e. The maximum atomic E-state index is 11.4. The van der Waals surface area contributed by atoms with E-state index in [4.69, 9.17) is 0 Å². The zero-order valence-electron chi connectivity index (χ0n) is 8.82. The number of hydrogen-bond acceptors (Lipinski definition) is 2. The SMILES string of the molecule is O=C(O)[C@H](c1ccccc1Br)[C@@H]1CCCN1. The predicted octanol–water partition coefficient (Wildman–Crippen LogP) is 2.37. The van der Waals surface area contributed by atoms with E-state index >= 15 is 0 Å². The van der Waals surface area contributed by atoms with Crippen molar-refractivity contribution >= 4 is 21.9 Å². The largest absolute Gasteiger partial charge is 0.481 e. The summed E-state index contributed by atoms with van der Waals surface area (Å²) in [5, 5.41) is 12.6. The van der Waals surface area contributed by atoms with Crippen molar-refractivity contribution in [2.75, 3.05) is 6.54 Å². The predicted molar refractivity (Wildman–Crippen MR) is 65.5 cm³/mol. The van der Waals surface area contributed by atoms with E-state index in [1.807, 2.05) is 24.3 Å². The molecule has 1 aliphatic heterocycles. The number of carboxylic acid groups (broad SMARTS) is 1. The lowest BCUT2D eigenvalue weighted by Gasteiger charge is -2.21. The summed E-state index contributed by atoms with van der Waals surface area (Å²) in [6.07, 6.45) is 1.98. The van der Waals surface area contributed by atoms with Crippen molar-refractivity contribution in [2.45, 2.75) is 24.8 Å². The first-order chi connectivity index (χ1) is 7.70. The van der Waals surface area contributed by atoms with Crippen molar-refractivity contribution < 1.29 is 9.90 Å². The normalized spacial score (nSPS) is 21.9. The van der Waals surface area contributed by atoms with Crippen molar-refractivity contribution in [3.8, 4) is 0 Å². The number of halogens is 1. The van der Waals surface area contributed by atoms with Gasteiger partial charge in [0, 0.05) is 10.5 Å². The summed E-state index contributed by atoms with van der Waals surface area (Å²) >= 11 is 3.42. The van der Waals surface area contributed by atoms with E-state index in [9.17, 15) is 9.90 Å². The molecule has 2 N–H and O–H groups in total. The summed E-state index contributed by atoms with van der Waals surface area (Å²) in [4.78, 5) is 11.4. The fourth-order valence-corrected chi connectivity index (χ4v) is 2.78. The Bertz CT molecular complexity index is 388. The van der Waals surface area contributed by atoms with Gasteiger partial charge in [-0.25, -0.2) is 0 Å². The van der Waals surface area contributed by atoms with E-state index in [2.05, 4.69) is 21.2 Å². The van der Waals surface area contributed by atoms with Gasteiger partial charge in [0.2, 0.25) is 0 Å². The maximum absolute atomic E-state index is 11.4. The monoisotopic (exact) mass is 283 g/mol. The topological polar surface area (TPSA) is 49.3 Å². The van der Waals surface area contributed by atoms with Gasteiger partial charge in [-0.15, -0.1) is 0 Å². The molecule has 1 aromatic rings. The minimum absolute atomic E-state index is 0.0520. The Morgan fingerprint density at radius 2 is 2.25 bits per heavy atom. The molecule has 1 saturated heterocycles. The molecule has 2 rings (SSSR count). The molecule has 86 valence electrons. The van der Waals surface area contributed by atoms with Gasteiger partial charge in [0.25, 0.3) is 0 Å². The molecule has 4 heteroatoms. The highest BCUT2D eigenvalue weighted by Crippen LogP contribution is 2.30. The lowest BCUT2D eigenvalue weighted by molar-refractivity contribution is -0.139. The van der Waals surface area contributed by atoms with Gasteiger partial charge < -0.3 is 10.4 Å². The first kappa shape index (κ1) is 11.6. The van der Waals surface area contributed by atoms with Gasteiger partial charge in [0.1, 0.15) is 0 Å². The van der Waals surface area contributed by atoms with Gasteiger partial charge in [0.15, 0.2) is 0 Å². The molecular weight excluding hydrogens is 270 g/mol. The van der Waals surface area contributed by atoms with E-state index < -0.39 is 11.9 Å². The minimum atomic E-state index is -0.758. The molecule has 2 atom stereocenters. The Balaban J connectivity index is 2.32. The van der Waals surface area contributed by atoms with E-state index in [1.165, 1.54) is 0 Å². The van der Waals surface area contributed by atoms with Gasteiger partial charge >= 0.3 is 5.97 Å².